The van der Waals surface area contributed by atoms with Crippen LogP contribution in [0.5, 0.6) is 5.75 Å². The van der Waals surface area contributed by atoms with Crippen molar-refractivity contribution in [3.63, 3.8) is 0 Å². The summed E-state index contributed by atoms with van der Waals surface area (Å²) in [6.45, 7) is -4.29. The van der Waals surface area contributed by atoms with E-state index in [1.165, 1.54) is 24.4 Å². The van der Waals surface area contributed by atoms with Gasteiger partial charge in [-0.15, -0.1) is 0 Å². The molecule has 1 aliphatic carbocycles. The minimum atomic E-state index is -3.14. The zero-order chi connectivity index (χ0) is 28.6. The molecule has 6 rings (SSSR count). The lowest BCUT2D eigenvalue weighted by Gasteiger charge is -2.23. The van der Waals surface area contributed by atoms with E-state index in [1.807, 2.05) is 6.07 Å². The molecule has 1 aromatic carbocycles. The third-order valence-corrected chi connectivity index (χ3v) is 8.76. The van der Waals surface area contributed by atoms with Crippen molar-refractivity contribution in [2.75, 3.05) is 12.7 Å². The first-order valence-electron chi connectivity index (χ1n) is 13.1. The van der Waals surface area contributed by atoms with Crippen LogP contribution >= 0.6 is 0 Å². The molecule has 0 saturated heterocycles. The highest BCUT2D eigenvalue weighted by molar-refractivity contribution is 7.92. The van der Waals surface area contributed by atoms with Gasteiger partial charge in [0.1, 0.15) is 10.8 Å². The summed E-state index contributed by atoms with van der Waals surface area (Å²) in [6, 6.07) is 10.1. The maximum Gasteiger partial charge on any atom is 0.387 e. The number of rotatable bonds is 5. The molecule has 1 N–H and O–H groups in total. The molecule has 4 heterocycles. The van der Waals surface area contributed by atoms with Crippen LogP contribution in [0, 0.1) is 4.78 Å². The lowest BCUT2D eigenvalue weighted by molar-refractivity contribution is -0.0505. The predicted molar refractivity (Wildman–Crippen MR) is 132 cm³/mol. The number of hydrogen-bond donors (Lipinski definition) is 1. The second kappa shape index (κ2) is 8.34. The topological polar surface area (TPSA) is 101 Å². The van der Waals surface area contributed by atoms with E-state index in [4.69, 9.17) is 13.6 Å². The van der Waals surface area contributed by atoms with Crippen LogP contribution in [0.3, 0.4) is 0 Å². The lowest BCUT2D eigenvalue weighted by Crippen LogP contribution is -2.30. The third-order valence-electron chi connectivity index (χ3n) is 7.03. The van der Waals surface area contributed by atoms with Crippen molar-refractivity contribution in [1.29, 1.82) is 4.78 Å². The van der Waals surface area contributed by atoms with Gasteiger partial charge in [0.05, 0.1) is 27.0 Å². The second-order valence-electron chi connectivity index (χ2n) is 8.97. The Morgan fingerprint density at radius 2 is 2.08 bits per heavy atom. The maximum atomic E-state index is 13.5. The molecule has 1 amide bonds. The summed E-state index contributed by atoms with van der Waals surface area (Å²) in [7, 11) is -2.98. The number of nitrogens with one attached hydrogen (secondary N) is 1. The molecule has 190 valence electrons. The number of aromatic nitrogens is 3. The van der Waals surface area contributed by atoms with E-state index in [0.29, 0.717) is 22.3 Å². The minimum absolute atomic E-state index is 0.00219. The normalized spacial score (nSPS) is 21.6. The van der Waals surface area contributed by atoms with Crippen molar-refractivity contribution in [3.05, 3.63) is 77.2 Å². The molecule has 0 radical (unpaired) electrons. The molecule has 3 aromatic heterocycles. The van der Waals surface area contributed by atoms with Gasteiger partial charge in [0, 0.05) is 57.4 Å². The quantitative estimate of drug-likeness (QED) is 0.391. The molecule has 0 saturated carbocycles. The highest BCUT2D eigenvalue weighted by Gasteiger charge is 2.46. The van der Waals surface area contributed by atoms with Gasteiger partial charge in [-0.05, 0) is 42.3 Å². The molecule has 2 aliphatic rings. The van der Waals surface area contributed by atoms with Crippen LogP contribution in [-0.4, -0.2) is 49.0 Å². The van der Waals surface area contributed by atoms with Gasteiger partial charge in [0.15, 0.2) is 0 Å². The molecule has 37 heavy (non-hydrogen) atoms. The van der Waals surface area contributed by atoms with Gasteiger partial charge >= 0.3 is 6.61 Å². The number of hydrogen-bond acceptors (Lipinski definition) is 6. The van der Waals surface area contributed by atoms with Gasteiger partial charge in [0.2, 0.25) is 0 Å². The van der Waals surface area contributed by atoms with Crippen molar-refractivity contribution in [2.45, 2.75) is 36.9 Å². The minimum Gasteiger partial charge on any atom is -0.434 e. The summed E-state index contributed by atoms with van der Waals surface area (Å²) in [5.41, 5.74) is 3.24. The van der Waals surface area contributed by atoms with Gasteiger partial charge in [-0.1, -0.05) is 19.1 Å². The molecule has 0 fully saturated rings. The Kier molecular flexibility index (Phi) is 4.56. The number of halogens is 2. The second-order valence-corrected chi connectivity index (χ2v) is 11.3. The number of ether oxygens (including phenoxy) is 1. The van der Waals surface area contributed by atoms with Gasteiger partial charge < -0.3 is 9.64 Å². The van der Waals surface area contributed by atoms with Crippen LogP contribution in [0.2, 0.25) is 0 Å². The fourth-order valence-electron chi connectivity index (χ4n) is 5.26. The molecule has 1 aliphatic heterocycles. The summed E-state index contributed by atoms with van der Waals surface area (Å²) >= 11 is 0. The molecular formula is C26H23F2N5O3S. The Balaban J connectivity index is 1.55. The molecule has 0 spiro atoms. The number of alkyl halides is 2. The fraction of sp³-hybridized carbons (Fsp3) is 0.269. The molecule has 1 unspecified atom stereocenters. The van der Waals surface area contributed by atoms with E-state index >= 15 is 0 Å². The molecule has 8 nitrogen and oxygen atoms in total. The highest BCUT2D eigenvalue weighted by Crippen LogP contribution is 2.53. The van der Waals surface area contributed by atoms with Crippen molar-refractivity contribution in [1.82, 2.24) is 19.5 Å². The number of amides is 1. The average molecular weight is 527 g/mol. The monoisotopic (exact) mass is 526 g/mol. The van der Waals surface area contributed by atoms with Gasteiger partial charge in [-0.25, -0.2) is 18.5 Å². The SMILES string of the molecule is [2H]C([2H])([2H])N1C(=O)c2cccc(OC(F)F)c2[C@H]2C[C@@H]1c1nn3ccc(-c4ccc(S(=N)(=O)CC)nc4)cc3c12. The first kappa shape index (κ1) is 20.2. The summed E-state index contributed by atoms with van der Waals surface area (Å²) in [5, 5.41) is 4.82. The number of nitrogens with zero attached hydrogens (tertiary/aromatic N) is 4. The van der Waals surface area contributed by atoms with Crippen LogP contribution < -0.4 is 4.74 Å². The van der Waals surface area contributed by atoms with E-state index in [1.54, 1.807) is 35.8 Å². The molecule has 2 bridgehead atoms. The number of benzene rings is 1. The smallest absolute Gasteiger partial charge is 0.387 e. The van der Waals surface area contributed by atoms with Crippen LogP contribution in [0.4, 0.5) is 8.78 Å². The zero-order valence-electron chi connectivity index (χ0n) is 22.5. The molecular weight excluding hydrogens is 500 g/mol. The predicted octanol–water partition coefficient (Wildman–Crippen LogP) is 5.09. The van der Waals surface area contributed by atoms with Gasteiger partial charge in [-0.2, -0.15) is 13.9 Å². The lowest BCUT2D eigenvalue weighted by atomic mass is 9.88. The third kappa shape index (κ3) is 3.59. The van der Waals surface area contributed by atoms with Crippen molar-refractivity contribution < 1.29 is 26.6 Å². The summed E-state index contributed by atoms with van der Waals surface area (Å²) in [6.07, 6.45) is 3.36. The maximum absolute atomic E-state index is 13.5. The largest absolute Gasteiger partial charge is 0.434 e. The number of carbonyl (C=O) groups is 1. The Labute approximate surface area is 216 Å². The Morgan fingerprint density at radius 1 is 1.24 bits per heavy atom. The van der Waals surface area contributed by atoms with E-state index in [2.05, 4.69) is 10.1 Å². The van der Waals surface area contributed by atoms with E-state index < -0.39 is 41.2 Å². The first-order chi connectivity index (χ1) is 18.9. The van der Waals surface area contributed by atoms with E-state index in [0.717, 1.165) is 10.5 Å². The molecule has 11 heteroatoms. The average Bonchev–Trinajstić information content (AvgIpc) is 3.40. The molecule has 4 aromatic rings. The summed E-state index contributed by atoms with van der Waals surface area (Å²) < 4.78 is 77.9. The van der Waals surface area contributed by atoms with Crippen LogP contribution in [0.15, 0.2) is 59.9 Å². The zero-order valence-corrected chi connectivity index (χ0v) is 20.3. The number of carbonyl (C=O) groups excluding carboxylic acids is 1. The Hall–Kier alpha value is -3.86. The van der Waals surface area contributed by atoms with E-state index in [-0.39, 0.29) is 34.1 Å². The number of pyridine rings is 2. The Bertz CT molecular complexity index is 1770. The van der Waals surface area contributed by atoms with Crippen LogP contribution in [0.1, 0.15) is 56.6 Å². The van der Waals surface area contributed by atoms with Crippen molar-refractivity contribution in [3.8, 4) is 16.9 Å². The molecule has 3 atom stereocenters. The highest BCUT2D eigenvalue weighted by atomic mass is 32.2. The standard InChI is InChI=1S/C26H23F2N5O3S/c1-3-37(29,35)21-8-7-15(13-30-21)14-9-10-33-18(11-14)23-17-12-19(24(23)31-33)32(2)25(34)16-5-4-6-20(22(16)17)36-26(27)28/h4-11,13,17,19,26,29H,3,12H2,1-2H3/t17-,19-,37?/m1/s1/i2D3. The van der Waals surface area contributed by atoms with Gasteiger partial charge in [-0.3, -0.25) is 4.79 Å². The van der Waals surface area contributed by atoms with Crippen molar-refractivity contribution in [2.24, 2.45) is 0 Å². The first-order valence-corrected chi connectivity index (χ1v) is 13.3. The van der Waals surface area contributed by atoms with Crippen LogP contribution in [-0.2, 0) is 9.73 Å². The Morgan fingerprint density at radius 3 is 2.78 bits per heavy atom. The van der Waals surface area contributed by atoms with E-state index in [9.17, 15) is 17.8 Å². The summed E-state index contributed by atoms with van der Waals surface area (Å²) in [5.74, 6) is -1.47. The number of fused-ring (bicyclic) bond motifs is 9. The van der Waals surface area contributed by atoms with Crippen LogP contribution in [0.25, 0.3) is 16.6 Å². The summed E-state index contributed by atoms with van der Waals surface area (Å²) in [4.78, 5) is 18.6. The fourth-order valence-corrected chi connectivity index (χ4v) is 6.07. The van der Waals surface area contributed by atoms with Crippen molar-refractivity contribution >= 4 is 21.2 Å². The van der Waals surface area contributed by atoms with Gasteiger partial charge in [0.25, 0.3) is 5.91 Å².